The lowest BCUT2D eigenvalue weighted by molar-refractivity contribution is 0.615. The number of aromatic nitrogens is 5. The van der Waals surface area contributed by atoms with E-state index < -0.39 is 0 Å². The number of imidazole rings is 1. The van der Waals surface area contributed by atoms with Crippen molar-refractivity contribution >= 4 is 5.95 Å². The summed E-state index contributed by atoms with van der Waals surface area (Å²) in [6.07, 6.45) is 6.05. The Morgan fingerprint density at radius 2 is 2.11 bits per heavy atom. The van der Waals surface area contributed by atoms with Gasteiger partial charge in [0.15, 0.2) is 0 Å². The summed E-state index contributed by atoms with van der Waals surface area (Å²) in [6.45, 7) is 7.10. The molecule has 0 atom stereocenters. The maximum atomic E-state index is 4.46. The number of nitrogens with one attached hydrogen (secondary N) is 1. The van der Waals surface area contributed by atoms with E-state index in [1.165, 1.54) is 0 Å². The molecule has 6 heteroatoms. The number of nitrogens with zero attached hydrogens (tertiary/aromatic N) is 5. The normalized spacial score (nSPS) is 10.9. The molecule has 2 aromatic rings. The van der Waals surface area contributed by atoms with E-state index in [1.807, 2.05) is 13.1 Å². The van der Waals surface area contributed by atoms with Crippen LogP contribution in [0, 0.1) is 5.92 Å². The number of rotatable bonds is 5. The van der Waals surface area contributed by atoms with Gasteiger partial charge in [-0.15, -0.1) is 0 Å². The van der Waals surface area contributed by atoms with Crippen molar-refractivity contribution < 1.29 is 0 Å². The van der Waals surface area contributed by atoms with Gasteiger partial charge in [-0.25, -0.2) is 4.98 Å². The number of hydrogen-bond acceptors (Lipinski definition) is 5. The van der Waals surface area contributed by atoms with Crippen molar-refractivity contribution in [2.75, 3.05) is 11.9 Å². The summed E-state index contributed by atoms with van der Waals surface area (Å²) >= 11 is 0. The minimum atomic E-state index is 0.512. The van der Waals surface area contributed by atoms with Gasteiger partial charge < -0.3 is 5.32 Å². The van der Waals surface area contributed by atoms with Gasteiger partial charge in [0.25, 0.3) is 0 Å². The molecule has 0 aliphatic rings. The van der Waals surface area contributed by atoms with Gasteiger partial charge in [-0.1, -0.05) is 13.8 Å². The van der Waals surface area contributed by atoms with Crippen LogP contribution in [0.4, 0.5) is 5.95 Å². The molecule has 2 heterocycles. The maximum absolute atomic E-state index is 4.46. The highest BCUT2D eigenvalue weighted by molar-refractivity contribution is 5.28. The van der Waals surface area contributed by atoms with Crippen molar-refractivity contribution in [3.05, 3.63) is 24.5 Å². The van der Waals surface area contributed by atoms with Gasteiger partial charge in [0.2, 0.25) is 11.9 Å². The molecule has 2 aromatic heterocycles. The lowest BCUT2D eigenvalue weighted by atomic mass is 10.1. The molecule has 0 unspecified atom stereocenters. The third kappa shape index (κ3) is 3.03. The van der Waals surface area contributed by atoms with Crippen LogP contribution >= 0.6 is 0 Å². The molecule has 0 aliphatic carbocycles. The summed E-state index contributed by atoms with van der Waals surface area (Å²) in [5.41, 5.74) is 0. The van der Waals surface area contributed by atoms with Crippen LogP contribution in [0.2, 0.25) is 0 Å². The molecule has 1 N–H and O–H groups in total. The fourth-order valence-electron chi connectivity index (χ4n) is 1.59. The van der Waals surface area contributed by atoms with Crippen LogP contribution in [0.15, 0.2) is 18.7 Å². The zero-order valence-electron chi connectivity index (χ0n) is 11.0. The molecule has 6 nitrogen and oxygen atoms in total. The molecule has 0 saturated carbocycles. The topological polar surface area (TPSA) is 68.5 Å². The molecular weight excluding hydrogens is 228 g/mol. The fraction of sp³-hybridized carbons (Fsp3) is 0.500. The molecule has 0 saturated heterocycles. The molecular formula is C12H18N6. The predicted octanol–water partition coefficient (Wildman–Crippen LogP) is 1.69. The van der Waals surface area contributed by atoms with Gasteiger partial charge in [-0.2, -0.15) is 15.0 Å². The first-order valence-corrected chi connectivity index (χ1v) is 6.16. The van der Waals surface area contributed by atoms with Crippen LogP contribution < -0.4 is 5.32 Å². The minimum absolute atomic E-state index is 0.512. The number of hydrogen-bond donors (Lipinski definition) is 1. The van der Waals surface area contributed by atoms with Gasteiger partial charge >= 0.3 is 0 Å². The first-order chi connectivity index (χ1) is 8.69. The summed E-state index contributed by atoms with van der Waals surface area (Å²) < 4.78 is 1.78. The second kappa shape index (κ2) is 5.57. The van der Waals surface area contributed by atoms with Crippen molar-refractivity contribution in [3.8, 4) is 5.95 Å². The van der Waals surface area contributed by atoms with Gasteiger partial charge in [-0.05, 0) is 12.8 Å². The molecule has 18 heavy (non-hydrogen) atoms. The van der Waals surface area contributed by atoms with Gasteiger partial charge in [0.05, 0.1) is 0 Å². The Bertz CT molecular complexity index is 491. The maximum Gasteiger partial charge on any atom is 0.239 e. The molecule has 0 spiro atoms. The van der Waals surface area contributed by atoms with Crippen molar-refractivity contribution in [1.82, 2.24) is 24.5 Å². The summed E-state index contributed by atoms with van der Waals surface area (Å²) in [4.78, 5) is 17.2. The third-order valence-corrected chi connectivity index (χ3v) is 2.33. The standard InChI is InChI=1S/C12H18N6/c1-4-14-11-15-10(7-9(2)3)16-12(17-11)18-6-5-13-8-18/h5-6,8-9H,4,7H2,1-3H3,(H,14,15,16,17). The largest absolute Gasteiger partial charge is 0.354 e. The summed E-state index contributed by atoms with van der Waals surface area (Å²) in [7, 11) is 0. The molecule has 0 amide bonds. The number of anilines is 1. The van der Waals surface area contributed by atoms with E-state index in [-0.39, 0.29) is 0 Å². The fourth-order valence-corrected chi connectivity index (χ4v) is 1.59. The van der Waals surface area contributed by atoms with Crippen LogP contribution in [0.25, 0.3) is 5.95 Å². The molecule has 0 radical (unpaired) electrons. The molecule has 0 fully saturated rings. The van der Waals surface area contributed by atoms with Gasteiger partial charge in [-0.3, -0.25) is 4.57 Å². The Morgan fingerprint density at radius 1 is 1.28 bits per heavy atom. The van der Waals surface area contributed by atoms with Crippen LogP contribution in [0.5, 0.6) is 0 Å². The quantitative estimate of drug-likeness (QED) is 0.869. The zero-order chi connectivity index (χ0) is 13.0. The Kier molecular flexibility index (Phi) is 3.86. The first-order valence-electron chi connectivity index (χ1n) is 6.16. The van der Waals surface area contributed by atoms with Crippen molar-refractivity contribution in [2.24, 2.45) is 5.92 Å². The Hall–Kier alpha value is -1.98. The highest BCUT2D eigenvalue weighted by Gasteiger charge is 2.08. The molecule has 0 aliphatic heterocycles. The molecule has 0 bridgehead atoms. The van der Waals surface area contributed by atoms with Crippen molar-refractivity contribution in [2.45, 2.75) is 27.2 Å². The zero-order valence-corrected chi connectivity index (χ0v) is 11.0. The summed E-state index contributed by atoms with van der Waals surface area (Å²) in [5, 5.41) is 3.13. The molecule has 96 valence electrons. The SMILES string of the molecule is CCNc1nc(CC(C)C)nc(-n2ccnc2)n1. The average molecular weight is 246 g/mol. The van der Waals surface area contributed by atoms with Crippen LogP contribution in [0.3, 0.4) is 0 Å². The minimum Gasteiger partial charge on any atom is -0.354 e. The van der Waals surface area contributed by atoms with E-state index in [2.05, 4.69) is 39.1 Å². The first kappa shape index (κ1) is 12.5. The van der Waals surface area contributed by atoms with E-state index in [9.17, 15) is 0 Å². The van der Waals surface area contributed by atoms with E-state index in [0.29, 0.717) is 17.8 Å². The highest BCUT2D eigenvalue weighted by atomic mass is 15.2. The lowest BCUT2D eigenvalue weighted by Gasteiger charge is -2.09. The summed E-state index contributed by atoms with van der Waals surface area (Å²) in [6, 6.07) is 0. The van der Waals surface area contributed by atoms with Crippen molar-refractivity contribution in [3.63, 3.8) is 0 Å². The van der Waals surface area contributed by atoms with Crippen LogP contribution in [0.1, 0.15) is 26.6 Å². The van der Waals surface area contributed by atoms with Crippen LogP contribution in [-0.2, 0) is 6.42 Å². The molecule has 2 rings (SSSR count). The van der Waals surface area contributed by atoms with Crippen LogP contribution in [-0.4, -0.2) is 31.0 Å². The Morgan fingerprint density at radius 3 is 2.72 bits per heavy atom. The van der Waals surface area contributed by atoms with E-state index >= 15 is 0 Å². The second-order valence-electron chi connectivity index (χ2n) is 4.47. The Labute approximate surface area is 107 Å². The lowest BCUT2D eigenvalue weighted by Crippen LogP contribution is -2.12. The molecule has 0 aromatic carbocycles. The van der Waals surface area contributed by atoms with E-state index in [4.69, 9.17) is 0 Å². The second-order valence-corrected chi connectivity index (χ2v) is 4.47. The monoisotopic (exact) mass is 246 g/mol. The summed E-state index contributed by atoms with van der Waals surface area (Å²) in [5.74, 6) is 2.54. The Balaban J connectivity index is 2.36. The predicted molar refractivity (Wildman–Crippen MR) is 69.7 cm³/mol. The van der Waals surface area contributed by atoms with E-state index in [0.717, 1.165) is 18.8 Å². The third-order valence-electron chi connectivity index (χ3n) is 2.33. The van der Waals surface area contributed by atoms with Gasteiger partial charge in [0, 0.05) is 25.4 Å². The smallest absolute Gasteiger partial charge is 0.239 e. The highest BCUT2D eigenvalue weighted by Crippen LogP contribution is 2.09. The van der Waals surface area contributed by atoms with E-state index in [1.54, 1.807) is 17.1 Å². The van der Waals surface area contributed by atoms with Gasteiger partial charge in [0.1, 0.15) is 12.2 Å². The van der Waals surface area contributed by atoms with Crippen molar-refractivity contribution in [1.29, 1.82) is 0 Å². The average Bonchev–Trinajstić information content (AvgIpc) is 2.81.